The van der Waals surface area contributed by atoms with Crippen molar-refractivity contribution in [3.8, 4) is 0 Å². The number of hydrogen-bond acceptors (Lipinski definition) is 4. The molecule has 2 heterocycles. The predicted octanol–water partition coefficient (Wildman–Crippen LogP) is 3.53. The summed E-state index contributed by atoms with van der Waals surface area (Å²) in [7, 11) is 1.68. The molecule has 152 valence electrons. The molecule has 1 aliphatic rings. The minimum Gasteiger partial charge on any atom is -0.354 e. The normalized spacial score (nSPS) is 17.3. The first-order valence-electron chi connectivity index (χ1n) is 10.3. The van der Waals surface area contributed by atoms with E-state index in [1.54, 1.807) is 18.4 Å². The van der Waals surface area contributed by atoms with Crippen molar-refractivity contribution in [1.82, 2.24) is 15.1 Å². The lowest BCUT2D eigenvalue weighted by molar-refractivity contribution is -0.136. The molecule has 1 fully saturated rings. The van der Waals surface area contributed by atoms with Gasteiger partial charge in [0.1, 0.15) is 0 Å². The Kier molecular flexibility index (Phi) is 7.08. The van der Waals surface area contributed by atoms with Crippen molar-refractivity contribution in [2.45, 2.75) is 45.6 Å². The second-order valence-electron chi connectivity index (χ2n) is 7.39. The van der Waals surface area contributed by atoms with Gasteiger partial charge in [0.25, 0.3) is 5.91 Å². The zero-order chi connectivity index (χ0) is 20.1. The standard InChI is InChI=1S/C22H31N3O2S/c1-4-24(5-2)15-20(26)25-13-9-8-10-16(25)14-18-17-11-6-7-12-19(17)28-21(18)22(27)23-3/h6-7,11-12,16H,4-5,8-10,13-15H2,1-3H3,(H,23,27). The van der Waals surface area contributed by atoms with Crippen LogP contribution in [0, 0.1) is 0 Å². The highest BCUT2D eigenvalue weighted by molar-refractivity contribution is 7.21. The van der Waals surface area contributed by atoms with Crippen LogP contribution in [0.3, 0.4) is 0 Å². The zero-order valence-electron chi connectivity index (χ0n) is 17.2. The highest BCUT2D eigenvalue weighted by Crippen LogP contribution is 2.34. The summed E-state index contributed by atoms with van der Waals surface area (Å²) in [6, 6.07) is 8.37. The number of benzene rings is 1. The van der Waals surface area contributed by atoms with Gasteiger partial charge in [0.15, 0.2) is 0 Å². The molecule has 1 aliphatic heterocycles. The Bertz CT molecular complexity index is 828. The first-order valence-corrected chi connectivity index (χ1v) is 11.1. The number of carbonyl (C=O) groups excluding carboxylic acids is 2. The van der Waals surface area contributed by atoms with E-state index in [1.165, 1.54) is 0 Å². The number of fused-ring (bicyclic) bond motifs is 1. The van der Waals surface area contributed by atoms with Crippen LogP contribution in [-0.2, 0) is 11.2 Å². The van der Waals surface area contributed by atoms with Crippen LogP contribution in [0.4, 0.5) is 0 Å². The van der Waals surface area contributed by atoms with Gasteiger partial charge in [0.05, 0.1) is 11.4 Å². The van der Waals surface area contributed by atoms with Gasteiger partial charge in [-0.2, -0.15) is 0 Å². The average Bonchev–Trinajstić information content (AvgIpc) is 3.10. The van der Waals surface area contributed by atoms with Crippen molar-refractivity contribution in [3.05, 3.63) is 34.7 Å². The van der Waals surface area contributed by atoms with Crippen LogP contribution in [0.1, 0.15) is 48.3 Å². The number of likely N-dealkylation sites (tertiary alicyclic amines) is 1. The van der Waals surface area contributed by atoms with Gasteiger partial charge in [-0.05, 0) is 55.8 Å². The van der Waals surface area contributed by atoms with E-state index in [0.29, 0.717) is 6.54 Å². The van der Waals surface area contributed by atoms with Crippen molar-refractivity contribution in [2.75, 3.05) is 33.2 Å². The van der Waals surface area contributed by atoms with Gasteiger partial charge in [-0.25, -0.2) is 0 Å². The van der Waals surface area contributed by atoms with E-state index < -0.39 is 0 Å². The summed E-state index contributed by atoms with van der Waals surface area (Å²) in [5.41, 5.74) is 1.09. The molecule has 5 nitrogen and oxygen atoms in total. The molecule has 1 aromatic heterocycles. The first-order chi connectivity index (χ1) is 13.6. The van der Waals surface area contributed by atoms with E-state index in [2.05, 4.69) is 41.1 Å². The number of thiophene rings is 1. The van der Waals surface area contributed by atoms with Crippen molar-refractivity contribution < 1.29 is 9.59 Å². The molecule has 6 heteroatoms. The van der Waals surface area contributed by atoms with E-state index >= 15 is 0 Å². The zero-order valence-corrected chi connectivity index (χ0v) is 18.0. The van der Waals surface area contributed by atoms with Gasteiger partial charge in [0.2, 0.25) is 5.91 Å². The Labute approximate surface area is 171 Å². The van der Waals surface area contributed by atoms with Crippen LogP contribution in [0.25, 0.3) is 10.1 Å². The number of rotatable bonds is 7. The smallest absolute Gasteiger partial charge is 0.261 e. The summed E-state index contributed by atoms with van der Waals surface area (Å²) in [4.78, 5) is 30.5. The molecule has 1 atom stereocenters. The number of amides is 2. The van der Waals surface area contributed by atoms with Crippen molar-refractivity contribution >= 4 is 33.2 Å². The lowest BCUT2D eigenvalue weighted by atomic mass is 9.93. The van der Waals surface area contributed by atoms with Gasteiger partial charge in [-0.1, -0.05) is 32.0 Å². The molecule has 2 amide bonds. The maximum absolute atomic E-state index is 13.0. The topological polar surface area (TPSA) is 52.7 Å². The van der Waals surface area contributed by atoms with E-state index in [1.807, 2.05) is 12.1 Å². The lowest BCUT2D eigenvalue weighted by Crippen LogP contribution is -2.49. The van der Waals surface area contributed by atoms with Gasteiger partial charge in [-0.15, -0.1) is 11.3 Å². The van der Waals surface area contributed by atoms with Gasteiger partial charge in [0, 0.05) is 24.3 Å². The summed E-state index contributed by atoms with van der Waals surface area (Å²) in [6.45, 7) is 7.26. The fourth-order valence-corrected chi connectivity index (χ4v) is 5.28. The number of likely N-dealkylation sites (N-methyl/N-ethyl adjacent to an activating group) is 1. The lowest BCUT2D eigenvalue weighted by Gasteiger charge is -2.37. The fraction of sp³-hybridized carbons (Fsp3) is 0.545. The Morgan fingerprint density at radius 2 is 1.96 bits per heavy atom. The number of hydrogen-bond donors (Lipinski definition) is 1. The number of carbonyl (C=O) groups is 2. The van der Waals surface area contributed by atoms with Crippen molar-refractivity contribution in [3.63, 3.8) is 0 Å². The molecule has 0 spiro atoms. The van der Waals surface area contributed by atoms with Crippen LogP contribution in [0.5, 0.6) is 0 Å². The summed E-state index contributed by atoms with van der Waals surface area (Å²) >= 11 is 1.55. The SMILES string of the molecule is CCN(CC)CC(=O)N1CCCCC1Cc1c(C(=O)NC)sc2ccccc12. The Morgan fingerprint density at radius 3 is 2.68 bits per heavy atom. The number of nitrogens with one attached hydrogen (secondary N) is 1. The molecule has 1 saturated heterocycles. The molecule has 0 bridgehead atoms. The van der Waals surface area contributed by atoms with Crippen molar-refractivity contribution in [1.29, 1.82) is 0 Å². The van der Waals surface area contributed by atoms with Crippen LogP contribution in [0.2, 0.25) is 0 Å². The molecule has 1 unspecified atom stereocenters. The molecule has 0 aliphatic carbocycles. The molecule has 28 heavy (non-hydrogen) atoms. The molecule has 0 saturated carbocycles. The molecule has 2 aromatic rings. The Hall–Kier alpha value is -1.92. The third-order valence-electron chi connectivity index (χ3n) is 5.77. The van der Waals surface area contributed by atoms with E-state index in [9.17, 15) is 9.59 Å². The molecule has 0 radical (unpaired) electrons. The average molecular weight is 402 g/mol. The first kappa shape index (κ1) is 20.8. The minimum atomic E-state index is -0.0342. The monoisotopic (exact) mass is 401 g/mol. The molecule has 1 N–H and O–H groups in total. The maximum Gasteiger partial charge on any atom is 0.261 e. The highest BCUT2D eigenvalue weighted by Gasteiger charge is 2.30. The Balaban J connectivity index is 1.88. The van der Waals surface area contributed by atoms with Gasteiger partial charge < -0.3 is 10.2 Å². The third-order valence-corrected chi connectivity index (χ3v) is 6.98. The summed E-state index contributed by atoms with van der Waals surface area (Å²) < 4.78 is 1.13. The highest BCUT2D eigenvalue weighted by atomic mass is 32.1. The Morgan fingerprint density at radius 1 is 1.21 bits per heavy atom. The number of piperidine rings is 1. The van der Waals surface area contributed by atoms with Crippen molar-refractivity contribution in [2.24, 2.45) is 0 Å². The minimum absolute atomic E-state index is 0.0342. The van der Waals surface area contributed by atoms with Crippen LogP contribution >= 0.6 is 11.3 Å². The molecule has 3 rings (SSSR count). The van der Waals surface area contributed by atoms with Crippen LogP contribution in [0.15, 0.2) is 24.3 Å². The second kappa shape index (κ2) is 9.52. The van der Waals surface area contributed by atoms with Gasteiger partial charge in [-0.3, -0.25) is 14.5 Å². The molecular formula is C22H31N3O2S. The maximum atomic E-state index is 13.0. The molecule has 1 aromatic carbocycles. The quantitative estimate of drug-likeness (QED) is 0.772. The van der Waals surface area contributed by atoms with E-state index in [0.717, 1.165) is 65.8 Å². The van der Waals surface area contributed by atoms with E-state index in [4.69, 9.17) is 0 Å². The van der Waals surface area contributed by atoms with Crippen LogP contribution in [-0.4, -0.2) is 60.9 Å². The summed E-state index contributed by atoms with van der Waals surface area (Å²) in [5.74, 6) is 0.183. The molecular weight excluding hydrogens is 370 g/mol. The van der Waals surface area contributed by atoms with E-state index in [-0.39, 0.29) is 17.9 Å². The fourth-order valence-electron chi connectivity index (χ4n) is 4.10. The predicted molar refractivity (Wildman–Crippen MR) is 116 cm³/mol. The number of nitrogens with zero attached hydrogens (tertiary/aromatic N) is 2. The van der Waals surface area contributed by atoms with Crippen LogP contribution < -0.4 is 5.32 Å². The summed E-state index contributed by atoms with van der Waals surface area (Å²) in [6.07, 6.45) is 3.95. The van der Waals surface area contributed by atoms with Gasteiger partial charge >= 0.3 is 0 Å². The largest absolute Gasteiger partial charge is 0.354 e. The third kappa shape index (κ3) is 4.39. The second-order valence-corrected chi connectivity index (χ2v) is 8.44. The summed E-state index contributed by atoms with van der Waals surface area (Å²) in [5, 5.41) is 3.93.